The largest absolute Gasteiger partial charge is 1.00 e. The van der Waals surface area contributed by atoms with E-state index in [1.54, 1.807) is 0 Å². The van der Waals surface area contributed by atoms with Gasteiger partial charge in [-0.15, -0.1) is 0 Å². The predicted molar refractivity (Wildman–Crippen MR) is 223 cm³/mol. The Morgan fingerprint density at radius 3 is 0.944 bits per heavy atom. The number of hydrogen-bond acceptors (Lipinski definition) is 4. The summed E-state index contributed by atoms with van der Waals surface area (Å²) in [4.78, 5) is 27.3. The molecule has 2 N–H and O–H groups in total. The number of unbranched alkanes of at least 4 members (excludes halogenated alkanes) is 18. The summed E-state index contributed by atoms with van der Waals surface area (Å²) >= 11 is 0. The van der Waals surface area contributed by atoms with Gasteiger partial charge in [0.25, 0.3) is 11.8 Å². The average molecular weight is 995 g/mol. The maximum absolute atomic E-state index is 13.7. The van der Waals surface area contributed by atoms with Crippen LogP contribution < -0.4 is 58.6 Å². The molecule has 0 aromatic carbocycles. The van der Waals surface area contributed by atoms with Gasteiger partial charge in [0.2, 0.25) is 0 Å². The van der Waals surface area contributed by atoms with E-state index in [2.05, 4.69) is 52.7 Å². The second-order valence-corrected chi connectivity index (χ2v) is 18.8. The van der Waals surface area contributed by atoms with E-state index in [-0.39, 0.29) is 83.1 Å². The van der Waals surface area contributed by atoms with Gasteiger partial charge in [-0.25, -0.2) is 0 Å². The average Bonchev–Trinajstić information content (AvgIpc) is 3.03. The number of carbonyl (C=O) groups is 2. The molecule has 54 heavy (non-hydrogen) atoms. The number of carbonyl (C=O) groups excluding carboxylic acids is 2. The van der Waals surface area contributed by atoms with Crippen molar-refractivity contribution in [2.75, 3.05) is 67.6 Å². The van der Waals surface area contributed by atoms with Crippen LogP contribution in [0.5, 0.6) is 0 Å². The maximum Gasteiger partial charge on any atom is 0.280 e. The van der Waals surface area contributed by atoms with Crippen LogP contribution in [-0.4, -0.2) is 112 Å². The zero-order chi connectivity index (χ0) is 39.5. The molecule has 0 spiro atoms. The minimum absolute atomic E-state index is 0. The van der Waals surface area contributed by atoms with E-state index in [0.29, 0.717) is 35.3 Å². The highest BCUT2D eigenvalue weighted by Crippen LogP contribution is 2.19. The fourth-order valence-electron chi connectivity index (χ4n) is 6.78. The van der Waals surface area contributed by atoms with E-state index in [9.17, 15) is 9.59 Å². The number of amides is 2. The Morgan fingerprint density at radius 2 is 0.704 bits per heavy atom. The molecular formula is C44H92I2N4O4. The van der Waals surface area contributed by atoms with Crippen LogP contribution in [0.3, 0.4) is 0 Å². The molecule has 0 rings (SSSR count). The van der Waals surface area contributed by atoms with E-state index >= 15 is 0 Å². The van der Waals surface area contributed by atoms with Crippen LogP contribution in [0, 0.1) is 0 Å². The van der Waals surface area contributed by atoms with Gasteiger partial charge in [0.1, 0.15) is 13.2 Å². The van der Waals surface area contributed by atoms with E-state index in [1.165, 1.54) is 116 Å². The van der Waals surface area contributed by atoms with Gasteiger partial charge in [-0.3, -0.25) is 9.59 Å². The number of ether oxygens (including phenoxy) is 2. The van der Waals surface area contributed by atoms with Crippen LogP contribution in [0.4, 0.5) is 0 Å². The van der Waals surface area contributed by atoms with E-state index in [1.807, 2.05) is 41.5 Å². The van der Waals surface area contributed by atoms with Crippen molar-refractivity contribution < 1.29 is 76.0 Å². The topological polar surface area (TPSA) is 76.7 Å². The molecular weight excluding hydrogens is 902 g/mol. The molecule has 0 fully saturated rings. The molecule has 2 amide bonds. The molecule has 0 radical (unpaired) electrons. The number of halogens is 2. The molecule has 0 unspecified atom stereocenters. The molecule has 0 saturated carbocycles. The van der Waals surface area contributed by atoms with Gasteiger partial charge in [0, 0.05) is 13.1 Å². The van der Waals surface area contributed by atoms with Gasteiger partial charge in [0.05, 0.1) is 52.5 Å². The fraction of sp³-hybridized carbons (Fsp3) is 0.955. The lowest BCUT2D eigenvalue weighted by atomic mass is 10.1. The number of quaternary nitrogens is 2. The molecule has 0 aromatic heterocycles. The smallest absolute Gasteiger partial charge is 0.280 e. The first kappa shape index (κ1) is 58.6. The molecule has 0 aliphatic carbocycles. The first-order valence-electron chi connectivity index (χ1n) is 21.8. The Kier molecular flexibility index (Phi) is 35.9. The van der Waals surface area contributed by atoms with E-state index in [0.717, 1.165) is 25.9 Å². The molecule has 0 saturated heterocycles. The van der Waals surface area contributed by atoms with Crippen LogP contribution in [0.15, 0.2) is 0 Å². The highest BCUT2D eigenvalue weighted by molar-refractivity contribution is 5.82. The number of likely N-dealkylation sites (N-methyl/N-ethyl adjacent to an activating group) is 2. The third-order valence-electron chi connectivity index (χ3n) is 10.5. The predicted octanol–water partition coefficient (Wildman–Crippen LogP) is 3.59. The molecule has 0 heterocycles. The molecule has 0 bridgehead atoms. The molecule has 326 valence electrons. The summed E-state index contributed by atoms with van der Waals surface area (Å²) in [5.74, 6) is -0.0273. The van der Waals surface area contributed by atoms with Gasteiger partial charge >= 0.3 is 0 Å². The molecule has 0 aliphatic rings. The third-order valence-corrected chi connectivity index (χ3v) is 10.5. The molecule has 2 atom stereocenters. The van der Waals surface area contributed by atoms with Crippen molar-refractivity contribution in [2.45, 2.75) is 207 Å². The number of rotatable bonds is 33. The zero-order valence-electron chi connectivity index (χ0n) is 37.8. The lowest BCUT2D eigenvalue weighted by Gasteiger charge is -2.38. The highest BCUT2D eigenvalue weighted by Gasteiger charge is 2.37. The third kappa shape index (κ3) is 32.2. The summed E-state index contributed by atoms with van der Waals surface area (Å²) in [6.45, 7) is 20.1. The Bertz CT molecular complexity index is 834. The van der Waals surface area contributed by atoms with Crippen molar-refractivity contribution in [1.82, 2.24) is 10.6 Å². The monoisotopic (exact) mass is 995 g/mol. The van der Waals surface area contributed by atoms with E-state index in [4.69, 9.17) is 9.47 Å². The molecule has 8 nitrogen and oxygen atoms in total. The van der Waals surface area contributed by atoms with Crippen molar-refractivity contribution in [3.05, 3.63) is 0 Å². The van der Waals surface area contributed by atoms with Crippen molar-refractivity contribution in [2.24, 2.45) is 0 Å². The lowest BCUT2D eigenvalue weighted by Crippen LogP contribution is -3.00. The summed E-state index contributed by atoms with van der Waals surface area (Å²) in [6, 6.07) is -0.642. The van der Waals surface area contributed by atoms with Crippen molar-refractivity contribution in [1.29, 1.82) is 0 Å². The van der Waals surface area contributed by atoms with Gasteiger partial charge in [-0.05, 0) is 67.2 Å². The van der Waals surface area contributed by atoms with E-state index < -0.39 is 0 Å². The maximum atomic E-state index is 13.7. The normalized spacial score (nSPS) is 13.5. The summed E-state index contributed by atoms with van der Waals surface area (Å²) in [5.41, 5.74) is -0.653. The number of nitrogens with zero attached hydrogens (tertiary/aromatic N) is 2. The summed E-state index contributed by atoms with van der Waals surface area (Å²) in [6.07, 6.45) is 25.9. The quantitative estimate of drug-likeness (QED) is 0.0600. The first-order chi connectivity index (χ1) is 24.4. The van der Waals surface area contributed by atoms with Gasteiger partial charge in [-0.2, -0.15) is 0 Å². The van der Waals surface area contributed by atoms with Crippen LogP contribution >= 0.6 is 0 Å². The SMILES string of the molecule is CCCCCCCCCCCC[N+](C)(C)[C@@H](COC(C)(C)C)C(=O)NCCNC(=O)[C@H](COC(C)(C)C)[N+](C)(C)CCCCCCCCCCCC.[I-].[I-]. The van der Waals surface area contributed by atoms with Crippen molar-refractivity contribution in [3.8, 4) is 0 Å². The molecule has 10 heteroatoms. The second kappa shape index (κ2) is 33.1. The fourth-order valence-corrected chi connectivity index (χ4v) is 6.78. The summed E-state index contributed by atoms with van der Waals surface area (Å²) in [7, 11) is 8.61. The Hall–Kier alpha value is 0.240. The Labute approximate surface area is 370 Å². The van der Waals surface area contributed by atoms with Gasteiger partial charge in [-0.1, -0.05) is 117 Å². The lowest BCUT2D eigenvalue weighted by molar-refractivity contribution is -0.906. The van der Waals surface area contributed by atoms with Crippen LogP contribution in [0.2, 0.25) is 0 Å². The minimum Gasteiger partial charge on any atom is -1.00 e. The summed E-state index contributed by atoms with van der Waals surface area (Å²) in [5, 5.41) is 6.28. The van der Waals surface area contributed by atoms with Crippen LogP contribution in [0.25, 0.3) is 0 Å². The zero-order valence-corrected chi connectivity index (χ0v) is 42.1. The number of hydrogen-bond donors (Lipinski definition) is 2. The molecule has 0 aliphatic heterocycles. The Balaban J connectivity index is -0.0000130. The van der Waals surface area contributed by atoms with Crippen molar-refractivity contribution >= 4 is 11.8 Å². The standard InChI is InChI=1S/C44H90N4O4.2HI/c1-13-15-17-19-21-23-25-27-29-31-35-47(9,10)39(37-51-43(3,4)5)41(49)45-33-34-46-42(50)40(38-52-44(6,7)8)48(11,12)36-32-30-28-26-24-22-20-18-16-14-2;;/h39-40H,13-38H2,1-12H3;2*1H/t39-,40-;;/m0../s1. The molecule has 0 aromatic rings. The number of nitrogens with one attached hydrogen (secondary N) is 2. The minimum atomic E-state index is -0.327. The van der Waals surface area contributed by atoms with Crippen molar-refractivity contribution in [3.63, 3.8) is 0 Å². The van der Waals surface area contributed by atoms with Crippen LogP contribution in [-0.2, 0) is 19.1 Å². The summed E-state index contributed by atoms with van der Waals surface area (Å²) < 4.78 is 13.5. The van der Waals surface area contributed by atoms with Gasteiger partial charge in [0.15, 0.2) is 12.1 Å². The highest BCUT2D eigenvalue weighted by atomic mass is 127. The Morgan fingerprint density at radius 1 is 0.463 bits per heavy atom. The van der Waals surface area contributed by atoms with Gasteiger partial charge < -0.3 is 77.0 Å². The second-order valence-electron chi connectivity index (χ2n) is 18.8. The van der Waals surface area contributed by atoms with Crippen LogP contribution in [0.1, 0.15) is 184 Å². The first-order valence-corrected chi connectivity index (χ1v) is 21.8.